The number of carbonyl (C=O) groups is 1. The van der Waals surface area contributed by atoms with Gasteiger partial charge in [-0.15, -0.1) is 11.8 Å². The van der Waals surface area contributed by atoms with Crippen molar-refractivity contribution in [2.24, 2.45) is 0 Å². The van der Waals surface area contributed by atoms with Gasteiger partial charge < -0.3 is 4.90 Å². The van der Waals surface area contributed by atoms with Crippen LogP contribution in [0.3, 0.4) is 0 Å². The molecule has 0 spiro atoms. The number of rotatable bonds is 2. The van der Waals surface area contributed by atoms with Gasteiger partial charge in [0.15, 0.2) is 0 Å². The third-order valence-electron chi connectivity index (χ3n) is 2.06. The molecule has 1 unspecified atom stereocenters. The summed E-state index contributed by atoms with van der Waals surface area (Å²) in [4.78, 5) is 13.0. The molecule has 1 aliphatic heterocycles. The summed E-state index contributed by atoms with van der Waals surface area (Å²) in [6.45, 7) is 4.33. The van der Waals surface area contributed by atoms with Crippen molar-refractivity contribution < 1.29 is 4.79 Å². The smallest absolute Gasteiger partial charge is 0.224 e. The summed E-state index contributed by atoms with van der Waals surface area (Å²) in [5.41, 5.74) is 0.182. The molecule has 1 heterocycles. The van der Waals surface area contributed by atoms with Crippen LogP contribution in [0.2, 0.25) is 0 Å². The number of nitrogens with one attached hydrogen (secondary N) is 1. The predicted octanol–water partition coefficient (Wildman–Crippen LogP) is 0.906. The summed E-state index contributed by atoms with van der Waals surface area (Å²) < 4.78 is 0. The molecule has 0 aliphatic carbocycles. The van der Waals surface area contributed by atoms with E-state index in [1.807, 2.05) is 11.8 Å². The summed E-state index contributed by atoms with van der Waals surface area (Å²) in [5.74, 6) is 1.28. The summed E-state index contributed by atoms with van der Waals surface area (Å²) in [5, 5.41) is 3.73. The van der Waals surface area contributed by atoms with Crippen LogP contribution in [-0.4, -0.2) is 41.6 Å². The van der Waals surface area contributed by atoms with Gasteiger partial charge in [0, 0.05) is 25.4 Å². The highest BCUT2D eigenvalue weighted by Crippen LogP contribution is 2.28. The Balaban J connectivity index is 2.37. The molecular weight excluding hydrogens is 184 g/mol. The topological polar surface area (TPSA) is 32.3 Å². The van der Waals surface area contributed by atoms with Crippen LogP contribution >= 0.6 is 11.8 Å². The zero-order valence-corrected chi connectivity index (χ0v) is 9.57. The van der Waals surface area contributed by atoms with Crippen molar-refractivity contribution in [3.05, 3.63) is 0 Å². The number of carbonyl (C=O) groups excluding carboxylic acids is 1. The molecule has 0 saturated carbocycles. The lowest BCUT2D eigenvalue weighted by atomic mass is 10.1. The van der Waals surface area contributed by atoms with Gasteiger partial charge in [-0.3, -0.25) is 10.1 Å². The first kappa shape index (κ1) is 10.9. The Kier molecular flexibility index (Phi) is 3.24. The quantitative estimate of drug-likeness (QED) is 0.722. The minimum Gasteiger partial charge on any atom is -0.349 e. The van der Waals surface area contributed by atoms with E-state index < -0.39 is 0 Å². The minimum absolute atomic E-state index is 0.182. The van der Waals surface area contributed by atoms with Crippen LogP contribution in [0.5, 0.6) is 0 Å². The van der Waals surface area contributed by atoms with Gasteiger partial charge in [0.25, 0.3) is 0 Å². The molecule has 0 aromatic carbocycles. The van der Waals surface area contributed by atoms with E-state index in [2.05, 4.69) is 19.2 Å². The van der Waals surface area contributed by atoms with E-state index in [-0.39, 0.29) is 11.4 Å². The Bertz CT molecular complexity index is 204. The van der Waals surface area contributed by atoms with E-state index >= 15 is 0 Å². The Morgan fingerprint density at radius 1 is 1.62 bits per heavy atom. The van der Waals surface area contributed by atoms with Crippen LogP contribution in [0.4, 0.5) is 0 Å². The summed E-state index contributed by atoms with van der Waals surface area (Å²) >= 11 is 1.84. The van der Waals surface area contributed by atoms with Crippen LogP contribution in [0.1, 0.15) is 20.3 Å². The standard InChI is InChI=1S/C9H18N2OS/c1-9(2)6-13-7(10-9)5-8(12)11(3)4/h7,10H,5-6H2,1-4H3. The Morgan fingerprint density at radius 3 is 2.62 bits per heavy atom. The number of nitrogens with zero attached hydrogens (tertiary/aromatic N) is 1. The van der Waals surface area contributed by atoms with Gasteiger partial charge in [0.2, 0.25) is 5.91 Å². The molecule has 1 N–H and O–H groups in total. The molecule has 1 atom stereocenters. The molecule has 76 valence electrons. The first-order valence-electron chi connectivity index (χ1n) is 4.50. The van der Waals surface area contributed by atoms with E-state index in [0.717, 1.165) is 5.75 Å². The molecule has 1 amide bonds. The molecule has 13 heavy (non-hydrogen) atoms. The Morgan fingerprint density at radius 2 is 2.23 bits per heavy atom. The number of hydrogen-bond donors (Lipinski definition) is 1. The average molecular weight is 202 g/mol. The van der Waals surface area contributed by atoms with Crippen LogP contribution in [-0.2, 0) is 4.79 Å². The summed E-state index contributed by atoms with van der Waals surface area (Å²) in [6.07, 6.45) is 0.598. The van der Waals surface area contributed by atoms with Gasteiger partial charge in [-0.25, -0.2) is 0 Å². The van der Waals surface area contributed by atoms with Gasteiger partial charge in [-0.1, -0.05) is 0 Å². The molecule has 1 rings (SSSR count). The molecule has 1 saturated heterocycles. The van der Waals surface area contributed by atoms with E-state index in [1.54, 1.807) is 19.0 Å². The molecular formula is C9H18N2OS. The van der Waals surface area contributed by atoms with Gasteiger partial charge in [0.05, 0.1) is 11.8 Å². The van der Waals surface area contributed by atoms with Crippen LogP contribution in [0, 0.1) is 0 Å². The SMILES string of the molecule is CN(C)C(=O)CC1NC(C)(C)CS1. The predicted molar refractivity (Wildman–Crippen MR) is 56.8 cm³/mol. The Hall–Kier alpha value is -0.220. The fraction of sp³-hybridized carbons (Fsp3) is 0.889. The zero-order chi connectivity index (χ0) is 10.1. The monoisotopic (exact) mass is 202 g/mol. The number of amides is 1. The van der Waals surface area contributed by atoms with Gasteiger partial charge in [-0.2, -0.15) is 0 Å². The highest BCUT2D eigenvalue weighted by atomic mass is 32.2. The maximum absolute atomic E-state index is 11.4. The summed E-state index contributed by atoms with van der Waals surface area (Å²) in [7, 11) is 3.60. The van der Waals surface area contributed by atoms with Crippen molar-refractivity contribution in [2.75, 3.05) is 19.8 Å². The van der Waals surface area contributed by atoms with Crippen molar-refractivity contribution in [3.8, 4) is 0 Å². The van der Waals surface area contributed by atoms with Gasteiger partial charge in [-0.05, 0) is 13.8 Å². The average Bonchev–Trinajstić information content (AvgIpc) is 2.30. The maximum Gasteiger partial charge on any atom is 0.224 e. The molecule has 0 radical (unpaired) electrons. The molecule has 0 aromatic rings. The molecule has 1 aliphatic rings. The third-order valence-corrected chi connectivity index (χ3v) is 3.63. The summed E-state index contributed by atoms with van der Waals surface area (Å²) in [6, 6.07) is 0. The highest BCUT2D eigenvalue weighted by Gasteiger charge is 2.31. The first-order valence-corrected chi connectivity index (χ1v) is 5.55. The van der Waals surface area contributed by atoms with Crippen molar-refractivity contribution in [3.63, 3.8) is 0 Å². The van der Waals surface area contributed by atoms with E-state index in [0.29, 0.717) is 11.8 Å². The van der Waals surface area contributed by atoms with Gasteiger partial charge in [0.1, 0.15) is 0 Å². The largest absolute Gasteiger partial charge is 0.349 e. The first-order chi connectivity index (χ1) is 5.91. The zero-order valence-electron chi connectivity index (χ0n) is 8.76. The van der Waals surface area contributed by atoms with Gasteiger partial charge >= 0.3 is 0 Å². The third kappa shape index (κ3) is 3.19. The van der Waals surface area contributed by atoms with Crippen LogP contribution in [0.25, 0.3) is 0 Å². The second-order valence-electron chi connectivity index (χ2n) is 4.32. The van der Waals surface area contributed by atoms with E-state index in [1.165, 1.54) is 0 Å². The fourth-order valence-corrected chi connectivity index (χ4v) is 2.64. The normalized spacial score (nSPS) is 26.0. The van der Waals surface area contributed by atoms with E-state index in [9.17, 15) is 4.79 Å². The fourth-order valence-electron chi connectivity index (χ4n) is 1.28. The number of thioether (sulfide) groups is 1. The number of hydrogen-bond acceptors (Lipinski definition) is 3. The lowest BCUT2D eigenvalue weighted by Crippen LogP contribution is -2.40. The highest BCUT2D eigenvalue weighted by molar-refractivity contribution is 8.00. The second kappa shape index (κ2) is 3.88. The molecule has 0 bridgehead atoms. The van der Waals surface area contributed by atoms with Crippen molar-refractivity contribution in [2.45, 2.75) is 31.2 Å². The van der Waals surface area contributed by atoms with Crippen molar-refractivity contribution in [1.82, 2.24) is 10.2 Å². The maximum atomic E-state index is 11.4. The van der Waals surface area contributed by atoms with Crippen LogP contribution in [0.15, 0.2) is 0 Å². The molecule has 3 nitrogen and oxygen atoms in total. The molecule has 0 aromatic heterocycles. The second-order valence-corrected chi connectivity index (χ2v) is 5.51. The van der Waals surface area contributed by atoms with Crippen molar-refractivity contribution >= 4 is 17.7 Å². The van der Waals surface area contributed by atoms with Crippen molar-refractivity contribution in [1.29, 1.82) is 0 Å². The van der Waals surface area contributed by atoms with E-state index in [4.69, 9.17) is 0 Å². The minimum atomic E-state index is 0.182. The lowest BCUT2D eigenvalue weighted by Gasteiger charge is -2.19. The molecule has 4 heteroatoms. The molecule has 1 fully saturated rings. The van der Waals surface area contributed by atoms with Crippen LogP contribution < -0.4 is 5.32 Å². The lowest BCUT2D eigenvalue weighted by molar-refractivity contribution is -0.128. The Labute approximate surface area is 84.2 Å².